The van der Waals surface area contributed by atoms with Gasteiger partial charge in [-0.15, -0.1) is 11.3 Å². The highest BCUT2D eigenvalue weighted by Crippen LogP contribution is 2.33. The lowest BCUT2D eigenvalue weighted by molar-refractivity contribution is 0.356. The first-order chi connectivity index (χ1) is 7.39. The van der Waals surface area contributed by atoms with Gasteiger partial charge < -0.3 is 5.73 Å². The second kappa shape index (κ2) is 3.63. The second-order valence-electron chi connectivity index (χ2n) is 4.98. The molecule has 0 radical (unpaired) electrons. The molecule has 0 saturated heterocycles. The number of nitrogen functional groups attached to an aromatic ring is 1. The van der Waals surface area contributed by atoms with E-state index in [1.54, 1.807) is 11.3 Å². The van der Waals surface area contributed by atoms with Gasteiger partial charge in [0, 0.05) is 6.20 Å². The molecule has 0 fully saturated rings. The Morgan fingerprint density at radius 1 is 1.38 bits per heavy atom. The number of aryl methyl sites for hydroxylation is 1. The molecule has 0 aromatic carbocycles. The summed E-state index contributed by atoms with van der Waals surface area (Å²) in [6.07, 6.45) is 1.91. The summed E-state index contributed by atoms with van der Waals surface area (Å²) in [6, 6.07) is 2.09. The molecule has 2 N–H and O–H groups in total. The van der Waals surface area contributed by atoms with Crippen molar-refractivity contribution in [2.24, 2.45) is 0 Å². The van der Waals surface area contributed by atoms with Crippen molar-refractivity contribution in [3.8, 4) is 10.6 Å². The van der Waals surface area contributed by atoms with Crippen LogP contribution in [-0.4, -0.2) is 9.78 Å². The van der Waals surface area contributed by atoms with E-state index in [-0.39, 0.29) is 5.54 Å². The molecule has 0 amide bonds. The fourth-order valence-corrected chi connectivity index (χ4v) is 2.46. The number of hydrogen-bond acceptors (Lipinski definition) is 3. The van der Waals surface area contributed by atoms with Crippen molar-refractivity contribution in [3.63, 3.8) is 0 Å². The number of aromatic nitrogens is 2. The van der Waals surface area contributed by atoms with Crippen LogP contribution in [-0.2, 0) is 5.54 Å². The van der Waals surface area contributed by atoms with Crippen LogP contribution < -0.4 is 5.73 Å². The maximum Gasteiger partial charge on any atom is 0.125 e. The van der Waals surface area contributed by atoms with E-state index < -0.39 is 0 Å². The molecule has 4 heteroatoms. The summed E-state index contributed by atoms with van der Waals surface area (Å²) in [5.41, 5.74) is 8.88. The van der Waals surface area contributed by atoms with Crippen molar-refractivity contribution < 1.29 is 0 Å². The third kappa shape index (κ3) is 1.85. The highest BCUT2D eigenvalue weighted by Gasteiger charge is 2.18. The fourth-order valence-electron chi connectivity index (χ4n) is 1.52. The minimum absolute atomic E-state index is 0.0302. The summed E-state index contributed by atoms with van der Waals surface area (Å²) in [7, 11) is 0. The molecule has 0 spiro atoms. The van der Waals surface area contributed by atoms with Gasteiger partial charge in [-0.2, -0.15) is 5.10 Å². The number of rotatable bonds is 1. The zero-order valence-corrected chi connectivity index (χ0v) is 10.9. The maximum atomic E-state index is 6.02. The highest BCUT2D eigenvalue weighted by molar-refractivity contribution is 7.13. The number of thiophene rings is 1. The molecule has 3 nitrogen and oxygen atoms in total. The first-order valence-electron chi connectivity index (χ1n) is 5.29. The van der Waals surface area contributed by atoms with E-state index in [0.29, 0.717) is 0 Å². The number of nitrogens with zero attached hydrogens (tertiary/aromatic N) is 2. The van der Waals surface area contributed by atoms with E-state index in [9.17, 15) is 0 Å². The Morgan fingerprint density at radius 3 is 2.50 bits per heavy atom. The monoisotopic (exact) mass is 235 g/mol. The lowest BCUT2D eigenvalue weighted by Gasteiger charge is -2.18. The number of nitrogens with two attached hydrogens (primary N) is 1. The predicted molar refractivity (Wildman–Crippen MR) is 69.7 cm³/mol. The second-order valence-corrected chi connectivity index (χ2v) is 5.90. The van der Waals surface area contributed by atoms with Crippen molar-refractivity contribution in [1.29, 1.82) is 0 Å². The van der Waals surface area contributed by atoms with Crippen LogP contribution in [0.15, 0.2) is 17.6 Å². The van der Waals surface area contributed by atoms with Gasteiger partial charge >= 0.3 is 0 Å². The lowest BCUT2D eigenvalue weighted by atomic mass is 10.1. The van der Waals surface area contributed by atoms with E-state index in [1.165, 1.54) is 10.4 Å². The Bertz CT molecular complexity index is 503. The lowest BCUT2D eigenvalue weighted by Crippen LogP contribution is -2.22. The van der Waals surface area contributed by atoms with E-state index in [2.05, 4.69) is 44.2 Å². The van der Waals surface area contributed by atoms with E-state index >= 15 is 0 Å². The summed E-state index contributed by atoms with van der Waals surface area (Å²) in [5, 5.41) is 6.66. The molecular weight excluding hydrogens is 218 g/mol. The largest absolute Gasteiger partial charge is 0.396 e. The van der Waals surface area contributed by atoms with Crippen LogP contribution in [0.4, 0.5) is 5.69 Å². The molecule has 2 heterocycles. The fraction of sp³-hybridized carbons (Fsp3) is 0.417. The minimum atomic E-state index is -0.0302. The van der Waals surface area contributed by atoms with Crippen LogP contribution in [0.5, 0.6) is 0 Å². The summed E-state index contributed by atoms with van der Waals surface area (Å²) in [5.74, 6) is 0. The SMILES string of the molecule is Cc1ccsc1-c1nn(C(C)(C)C)cc1N. The zero-order valence-electron chi connectivity index (χ0n) is 10.1. The maximum absolute atomic E-state index is 6.02. The Kier molecular flexibility index (Phi) is 2.54. The Morgan fingerprint density at radius 2 is 2.06 bits per heavy atom. The van der Waals surface area contributed by atoms with Gasteiger partial charge in [-0.05, 0) is 44.7 Å². The minimum Gasteiger partial charge on any atom is -0.396 e. The number of hydrogen-bond donors (Lipinski definition) is 1. The predicted octanol–water partition coefficient (Wildman–Crippen LogP) is 3.26. The van der Waals surface area contributed by atoms with Crippen molar-refractivity contribution >= 4 is 17.0 Å². The van der Waals surface area contributed by atoms with Crippen LogP contribution in [0.1, 0.15) is 26.3 Å². The molecule has 2 aromatic heterocycles. The number of anilines is 1. The topological polar surface area (TPSA) is 43.8 Å². The molecule has 0 unspecified atom stereocenters. The Hall–Kier alpha value is -1.29. The van der Waals surface area contributed by atoms with Gasteiger partial charge in [-0.3, -0.25) is 4.68 Å². The van der Waals surface area contributed by atoms with Gasteiger partial charge in [0.15, 0.2) is 0 Å². The van der Waals surface area contributed by atoms with Crippen LogP contribution >= 0.6 is 11.3 Å². The molecule has 16 heavy (non-hydrogen) atoms. The van der Waals surface area contributed by atoms with Crippen molar-refractivity contribution in [2.75, 3.05) is 5.73 Å². The Labute approximate surface area is 99.9 Å². The molecule has 0 aliphatic rings. The van der Waals surface area contributed by atoms with E-state index in [4.69, 9.17) is 5.73 Å². The zero-order chi connectivity index (χ0) is 11.9. The van der Waals surface area contributed by atoms with Gasteiger partial charge in [0.05, 0.1) is 16.1 Å². The van der Waals surface area contributed by atoms with E-state index in [0.717, 1.165) is 11.4 Å². The molecule has 2 aromatic rings. The molecule has 0 bridgehead atoms. The third-order valence-electron chi connectivity index (χ3n) is 2.51. The molecule has 0 aliphatic carbocycles. The molecule has 2 rings (SSSR count). The average Bonchev–Trinajstić information content (AvgIpc) is 2.70. The van der Waals surface area contributed by atoms with Crippen LogP contribution in [0.25, 0.3) is 10.6 Å². The smallest absolute Gasteiger partial charge is 0.125 e. The van der Waals surface area contributed by atoms with E-state index in [1.807, 2.05) is 10.9 Å². The van der Waals surface area contributed by atoms with Crippen molar-refractivity contribution in [3.05, 3.63) is 23.2 Å². The highest BCUT2D eigenvalue weighted by atomic mass is 32.1. The molecule has 0 saturated carbocycles. The molecule has 86 valence electrons. The summed E-state index contributed by atoms with van der Waals surface area (Å²) >= 11 is 1.68. The first kappa shape index (κ1) is 11.2. The van der Waals surface area contributed by atoms with Crippen LogP contribution in [0, 0.1) is 6.92 Å². The van der Waals surface area contributed by atoms with Crippen LogP contribution in [0.2, 0.25) is 0 Å². The first-order valence-corrected chi connectivity index (χ1v) is 6.17. The summed E-state index contributed by atoms with van der Waals surface area (Å²) < 4.78 is 1.93. The van der Waals surface area contributed by atoms with Crippen molar-refractivity contribution in [2.45, 2.75) is 33.2 Å². The summed E-state index contributed by atoms with van der Waals surface area (Å²) in [4.78, 5) is 1.17. The molecular formula is C12H17N3S. The van der Waals surface area contributed by atoms with Gasteiger partial charge in [-0.1, -0.05) is 0 Å². The van der Waals surface area contributed by atoms with Crippen molar-refractivity contribution in [1.82, 2.24) is 9.78 Å². The summed E-state index contributed by atoms with van der Waals surface area (Å²) in [6.45, 7) is 8.43. The van der Waals surface area contributed by atoms with Gasteiger partial charge in [0.25, 0.3) is 0 Å². The molecule has 0 aliphatic heterocycles. The van der Waals surface area contributed by atoms with Crippen LogP contribution in [0.3, 0.4) is 0 Å². The quantitative estimate of drug-likeness (QED) is 0.824. The normalized spacial score (nSPS) is 12.0. The van der Waals surface area contributed by atoms with Gasteiger partial charge in [0.1, 0.15) is 5.69 Å². The average molecular weight is 235 g/mol. The molecule has 0 atom stereocenters. The Balaban J connectivity index is 2.52. The third-order valence-corrected chi connectivity index (χ3v) is 3.53. The standard InChI is InChI=1S/C12H17N3S/c1-8-5-6-16-11(8)10-9(13)7-15(14-10)12(2,3)4/h5-7H,13H2,1-4H3. The van der Waals surface area contributed by atoms with Gasteiger partial charge in [0.2, 0.25) is 0 Å². The van der Waals surface area contributed by atoms with Gasteiger partial charge in [-0.25, -0.2) is 0 Å².